The lowest BCUT2D eigenvalue weighted by Gasteiger charge is -2.23. The molecule has 0 aliphatic heterocycles. The number of nitrogens with one attached hydrogen (secondary N) is 1. The van der Waals surface area contributed by atoms with E-state index in [1.807, 2.05) is 62.4 Å². The molecule has 0 radical (unpaired) electrons. The maximum Gasteiger partial charge on any atom is 0.251 e. The SMILES string of the molecule is CCc1cc2ccc(C(C)(C#N)Cc3cccc(C#CCO)c3)cc2[nH]c1=O. The van der Waals surface area contributed by atoms with E-state index in [4.69, 9.17) is 5.11 Å². The molecule has 2 N–H and O–H groups in total. The van der Waals surface area contributed by atoms with Gasteiger partial charge in [0, 0.05) is 16.6 Å². The van der Waals surface area contributed by atoms with Gasteiger partial charge >= 0.3 is 0 Å². The summed E-state index contributed by atoms with van der Waals surface area (Å²) in [6, 6.07) is 17.8. The maximum atomic E-state index is 12.2. The number of aliphatic hydroxyl groups is 1. The molecule has 0 amide bonds. The first-order valence-electron chi connectivity index (χ1n) is 9.25. The third-order valence-corrected chi connectivity index (χ3v) is 4.98. The number of aryl methyl sites for hydroxylation is 1. The summed E-state index contributed by atoms with van der Waals surface area (Å²) in [4.78, 5) is 15.1. The average molecular weight is 370 g/mol. The van der Waals surface area contributed by atoms with Gasteiger partial charge in [0.2, 0.25) is 0 Å². The molecule has 0 saturated carbocycles. The summed E-state index contributed by atoms with van der Waals surface area (Å²) in [6.07, 6.45) is 1.19. The number of hydrogen-bond donors (Lipinski definition) is 2. The first-order chi connectivity index (χ1) is 13.5. The Hall–Kier alpha value is -3.34. The first-order valence-corrected chi connectivity index (χ1v) is 9.25. The normalized spacial score (nSPS) is 12.6. The molecule has 4 nitrogen and oxygen atoms in total. The molecule has 140 valence electrons. The number of hydrogen-bond acceptors (Lipinski definition) is 3. The number of aromatic nitrogens is 1. The van der Waals surface area contributed by atoms with Crippen LogP contribution in [0.4, 0.5) is 0 Å². The molecule has 2 aromatic carbocycles. The summed E-state index contributed by atoms with van der Waals surface area (Å²) in [7, 11) is 0. The van der Waals surface area contributed by atoms with Crippen LogP contribution in [-0.2, 0) is 18.3 Å². The van der Waals surface area contributed by atoms with Crippen molar-refractivity contribution in [3.05, 3.63) is 81.1 Å². The van der Waals surface area contributed by atoms with Crippen LogP contribution in [-0.4, -0.2) is 16.7 Å². The van der Waals surface area contributed by atoms with Crippen molar-refractivity contribution in [2.45, 2.75) is 32.1 Å². The number of pyridine rings is 1. The van der Waals surface area contributed by atoms with Crippen LogP contribution in [0.25, 0.3) is 10.9 Å². The highest BCUT2D eigenvalue weighted by Crippen LogP contribution is 2.30. The molecule has 0 spiro atoms. The molecular weight excluding hydrogens is 348 g/mol. The van der Waals surface area contributed by atoms with Crippen LogP contribution < -0.4 is 5.56 Å². The summed E-state index contributed by atoms with van der Waals surface area (Å²) in [5.41, 5.74) is 3.31. The van der Waals surface area contributed by atoms with Crippen LogP contribution in [0.15, 0.2) is 53.3 Å². The van der Waals surface area contributed by atoms with Crippen LogP contribution in [0.1, 0.15) is 36.1 Å². The van der Waals surface area contributed by atoms with Crippen LogP contribution in [0.2, 0.25) is 0 Å². The predicted molar refractivity (Wildman–Crippen MR) is 111 cm³/mol. The first kappa shape index (κ1) is 19.4. The van der Waals surface area contributed by atoms with Crippen molar-refractivity contribution in [1.82, 2.24) is 4.98 Å². The van der Waals surface area contributed by atoms with E-state index in [2.05, 4.69) is 22.9 Å². The van der Waals surface area contributed by atoms with E-state index < -0.39 is 5.41 Å². The molecule has 0 aliphatic carbocycles. The number of H-pyrrole nitrogens is 1. The van der Waals surface area contributed by atoms with Crippen LogP contribution in [0.5, 0.6) is 0 Å². The molecule has 0 saturated heterocycles. The van der Waals surface area contributed by atoms with Crippen molar-refractivity contribution in [3.8, 4) is 17.9 Å². The van der Waals surface area contributed by atoms with Crippen molar-refractivity contribution in [3.63, 3.8) is 0 Å². The Morgan fingerprint density at radius 2 is 2.00 bits per heavy atom. The lowest BCUT2D eigenvalue weighted by Crippen LogP contribution is -2.23. The van der Waals surface area contributed by atoms with Crippen molar-refractivity contribution in [1.29, 1.82) is 5.26 Å². The summed E-state index contributed by atoms with van der Waals surface area (Å²) in [5, 5.41) is 19.8. The number of nitrogens with zero attached hydrogens (tertiary/aromatic N) is 1. The Morgan fingerprint density at radius 1 is 1.18 bits per heavy atom. The summed E-state index contributed by atoms with van der Waals surface area (Å²) >= 11 is 0. The molecule has 0 fully saturated rings. The molecule has 3 rings (SSSR count). The number of aliphatic hydroxyl groups excluding tert-OH is 1. The fraction of sp³-hybridized carbons (Fsp3) is 0.250. The molecule has 1 heterocycles. The van der Waals surface area contributed by atoms with E-state index in [0.717, 1.165) is 33.2 Å². The van der Waals surface area contributed by atoms with Gasteiger partial charge in [0.15, 0.2) is 0 Å². The minimum atomic E-state index is -0.752. The number of benzene rings is 2. The second-order valence-electron chi connectivity index (χ2n) is 7.06. The standard InChI is InChI=1S/C24H22N2O2/c1-3-19-13-20-9-10-21(14-22(20)26-23(19)28)24(2,16-25)15-18-7-4-6-17(12-18)8-5-11-27/h4,6-7,9-10,12-14,27H,3,11,15H2,1-2H3,(H,26,28). The lowest BCUT2D eigenvalue weighted by atomic mass is 9.78. The highest BCUT2D eigenvalue weighted by Gasteiger charge is 2.27. The Labute approximate surface area is 164 Å². The zero-order valence-corrected chi connectivity index (χ0v) is 16.0. The van der Waals surface area contributed by atoms with Gasteiger partial charge in [0.1, 0.15) is 6.61 Å². The molecule has 0 aliphatic rings. The van der Waals surface area contributed by atoms with Gasteiger partial charge in [-0.15, -0.1) is 0 Å². The maximum absolute atomic E-state index is 12.2. The highest BCUT2D eigenvalue weighted by atomic mass is 16.2. The van der Waals surface area contributed by atoms with E-state index in [1.54, 1.807) is 0 Å². The topological polar surface area (TPSA) is 76.9 Å². The lowest BCUT2D eigenvalue weighted by molar-refractivity contribution is 0.350. The van der Waals surface area contributed by atoms with E-state index >= 15 is 0 Å². The Morgan fingerprint density at radius 3 is 2.71 bits per heavy atom. The summed E-state index contributed by atoms with van der Waals surface area (Å²) in [5.74, 6) is 5.54. The van der Waals surface area contributed by atoms with Crippen molar-refractivity contribution in [2.24, 2.45) is 0 Å². The van der Waals surface area contributed by atoms with E-state index in [0.29, 0.717) is 12.8 Å². The summed E-state index contributed by atoms with van der Waals surface area (Å²) in [6.45, 7) is 3.67. The second kappa shape index (κ2) is 8.13. The Bertz CT molecular complexity index is 1170. The zero-order valence-electron chi connectivity index (χ0n) is 16.0. The van der Waals surface area contributed by atoms with E-state index in [1.165, 1.54) is 0 Å². The number of fused-ring (bicyclic) bond motifs is 1. The third kappa shape index (κ3) is 3.98. The molecule has 3 aromatic rings. The molecule has 4 heteroatoms. The van der Waals surface area contributed by atoms with E-state index in [9.17, 15) is 10.1 Å². The quantitative estimate of drug-likeness (QED) is 0.691. The van der Waals surface area contributed by atoms with Gasteiger partial charge in [-0.2, -0.15) is 5.26 Å². The van der Waals surface area contributed by atoms with Gasteiger partial charge in [-0.1, -0.05) is 43.0 Å². The van der Waals surface area contributed by atoms with Gasteiger partial charge in [0.05, 0.1) is 11.5 Å². The third-order valence-electron chi connectivity index (χ3n) is 4.98. The molecule has 1 aromatic heterocycles. The van der Waals surface area contributed by atoms with E-state index in [-0.39, 0.29) is 12.2 Å². The van der Waals surface area contributed by atoms with Gasteiger partial charge in [-0.3, -0.25) is 4.79 Å². The fourth-order valence-corrected chi connectivity index (χ4v) is 3.37. The monoisotopic (exact) mass is 370 g/mol. The fourth-order valence-electron chi connectivity index (χ4n) is 3.37. The van der Waals surface area contributed by atoms with Crippen molar-refractivity contribution in [2.75, 3.05) is 6.61 Å². The Balaban J connectivity index is 2.00. The highest BCUT2D eigenvalue weighted by molar-refractivity contribution is 5.80. The van der Waals surface area contributed by atoms with Crippen LogP contribution in [0, 0.1) is 23.2 Å². The number of aromatic amines is 1. The minimum absolute atomic E-state index is 0.0824. The van der Waals surface area contributed by atoms with Gasteiger partial charge in [0.25, 0.3) is 5.56 Å². The smallest absolute Gasteiger partial charge is 0.251 e. The zero-order chi connectivity index (χ0) is 20.1. The average Bonchev–Trinajstić information content (AvgIpc) is 2.71. The number of nitriles is 1. The molecule has 28 heavy (non-hydrogen) atoms. The summed E-state index contributed by atoms with van der Waals surface area (Å²) < 4.78 is 0. The second-order valence-corrected chi connectivity index (χ2v) is 7.06. The van der Waals surface area contributed by atoms with Crippen LogP contribution in [0.3, 0.4) is 0 Å². The minimum Gasteiger partial charge on any atom is -0.384 e. The van der Waals surface area contributed by atoms with Gasteiger partial charge in [-0.25, -0.2) is 0 Å². The predicted octanol–water partition coefficient (Wildman–Crippen LogP) is 3.46. The molecular formula is C24H22N2O2. The molecule has 0 bridgehead atoms. The van der Waals surface area contributed by atoms with Crippen molar-refractivity contribution < 1.29 is 5.11 Å². The van der Waals surface area contributed by atoms with Gasteiger partial charge in [-0.05, 0) is 60.5 Å². The van der Waals surface area contributed by atoms with Crippen molar-refractivity contribution >= 4 is 10.9 Å². The van der Waals surface area contributed by atoms with Crippen LogP contribution >= 0.6 is 0 Å². The largest absolute Gasteiger partial charge is 0.384 e. The molecule has 1 atom stereocenters. The Kier molecular flexibility index (Phi) is 5.64. The van der Waals surface area contributed by atoms with Gasteiger partial charge < -0.3 is 10.1 Å². The molecule has 1 unspecified atom stereocenters. The number of rotatable bonds is 4.